The first-order valence-corrected chi connectivity index (χ1v) is 11.6. The lowest BCUT2D eigenvalue weighted by molar-refractivity contribution is -0.126. The highest BCUT2D eigenvalue weighted by Crippen LogP contribution is 2.24. The number of amides is 1. The predicted molar refractivity (Wildman–Crippen MR) is 133 cm³/mol. The topological polar surface area (TPSA) is 52.7 Å². The van der Waals surface area contributed by atoms with Gasteiger partial charge in [0.05, 0.1) is 17.8 Å². The second-order valence-corrected chi connectivity index (χ2v) is 8.68. The van der Waals surface area contributed by atoms with Crippen molar-refractivity contribution in [3.8, 4) is 0 Å². The van der Waals surface area contributed by atoms with Crippen LogP contribution in [0.15, 0.2) is 78.9 Å². The molecule has 5 nitrogen and oxygen atoms in total. The van der Waals surface area contributed by atoms with Gasteiger partial charge in [0.1, 0.15) is 5.82 Å². The van der Waals surface area contributed by atoms with Crippen molar-refractivity contribution in [1.29, 1.82) is 0 Å². The molecule has 3 aromatic rings. The number of benzene rings is 3. The van der Waals surface area contributed by atoms with Crippen LogP contribution >= 0.6 is 0 Å². The van der Waals surface area contributed by atoms with Gasteiger partial charge in [-0.2, -0.15) is 0 Å². The molecule has 0 saturated carbocycles. The van der Waals surface area contributed by atoms with Gasteiger partial charge < -0.3 is 10.2 Å². The SMILES string of the molecule is CC(=O)c1ccc(N2CCN([C@H](C)C(=O)NC(c3ccccc3)c3ccccc3)CC2)c(F)c1. The molecule has 0 aliphatic carbocycles. The number of piperazine rings is 1. The Morgan fingerprint density at radius 2 is 1.41 bits per heavy atom. The average molecular weight is 460 g/mol. The fraction of sp³-hybridized carbons (Fsp3) is 0.286. The molecule has 1 heterocycles. The molecular weight excluding hydrogens is 429 g/mol. The Balaban J connectivity index is 1.41. The summed E-state index contributed by atoms with van der Waals surface area (Å²) in [4.78, 5) is 28.8. The van der Waals surface area contributed by atoms with E-state index in [9.17, 15) is 14.0 Å². The highest BCUT2D eigenvalue weighted by Gasteiger charge is 2.28. The molecule has 3 aromatic carbocycles. The highest BCUT2D eigenvalue weighted by atomic mass is 19.1. The van der Waals surface area contributed by atoms with Gasteiger partial charge in [-0.15, -0.1) is 0 Å². The smallest absolute Gasteiger partial charge is 0.237 e. The maximum absolute atomic E-state index is 14.6. The van der Waals surface area contributed by atoms with Crippen molar-refractivity contribution < 1.29 is 14.0 Å². The van der Waals surface area contributed by atoms with Gasteiger partial charge in [0.25, 0.3) is 0 Å². The quantitative estimate of drug-likeness (QED) is 0.531. The van der Waals surface area contributed by atoms with Crippen LogP contribution in [0, 0.1) is 5.82 Å². The van der Waals surface area contributed by atoms with Gasteiger partial charge in [-0.05, 0) is 43.2 Å². The molecule has 1 fully saturated rings. The van der Waals surface area contributed by atoms with Gasteiger partial charge in [-0.25, -0.2) is 4.39 Å². The summed E-state index contributed by atoms with van der Waals surface area (Å²) in [6, 6.07) is 24.0. The first kappa shape index (κ1) is 23.6. The molecule has 1 N–H and O–H groups in total. The van der Waals surface area contributed by atoms with E-state index in [1.165, 1.54) is 13.0 Å². The Morgan fingerprint density at radius 1 is 0.853 bits per heavy atom. The van der Waals surface area contributed by atoms with E-state index in [0.29, 0.717) is 37.4 Å². The minimum atomic E-state index is -0.388. The van der Waals surface area contributed by atoms with Crippen LogP contribution in [0.4, 0.5) is 10.1 Å². The molecule has 1 aliphatic rings. The third-order valence-corrected chi connectivity index (χ3v) is 6.49. The van der Waals surface area contributed by atoms with E-state index in [-0.39, 0.29) is 29.6 Å². The van der Waals surface area contributed by atoms with Crippen molar-refractivity contribution in [3.63, 3.8) is 0 Å². The molecule has 0 unspecified atom stereocenters. The lowest BCUT2D eigenvalue weighted by Gasteiger charge is -2.39. The zero-order chi connectivity index (χ0) is 24.1. The monoisotopic (exact) mass is 459 g/mol. The van der Waals surface area contributed by atoms with Gasteiger partial charge in [-0.3, -0.25) is 14.5 Å². The zero-order valence-corrected chi connectivity index (χ0v) is 19.6. The maximum atomic E-state index is 14.6. The molecule has 1 saturated heterocycles. The number of carbonyl (C=O) groups is 2. The van der Waals surface area contributed by atoms with Crippen LogP contribution in [0.25, 0.3) is 0 Å². The number of Topliss-reactive ketones (excluding diaryl/α,β-unsaturated/α-hetero) is 1. The van der Waals surface area contributed by atoms with Crippen LogP contribution in [0.2, 0.25) is 0 Å². The first-order chi connectivity index (χ1) is 16.4. The summed E-state index contributed by atoms with van der Waals surface area (Å²) in [7, 11) is 0. The van der Waals surface area contributed by atoms with Gasteiger partial charge in [-0.1, -0.05) is 60.7 Å². The largest absolute Gasteiger partial charge is 0.367 e. The van der Waals surface area contributed by atoms with E-state index in [1.54, 1.807) is 12.1 Å². The Labute approximate surface area is 200 Å². The van der Waals surface area contributed by atoms with Crippen molar-refractivity contribution in [2.75, 3.05) is 31.1 Å². The third kappa shape index (κ3) is 5.34. The number of hydrogen-bond acceptors (Lipinski definition) is 4. The van der Waals surface area contributed by atoms with E-state index in [2.05, 4.69) is 10.2 Å². The number of hydrogen-bond donors (Lipinski definition) is 1. The minimum absolute atomic E-state index is 0.0388. The fourth-order valence-corrected chi connectivity index (χ4v) is 4.41. The Kier molecular flexibility index (Phi) is 7.38. The third-order valence-electron chi connectivity index (χ3n) is 6.49. The highest BCUT2D eigenvalue weighted by molar-refractivity contribution is 5.94. The number of anilines is 1. The summed E-state index contributed by atoms with van der Waals surface area (Å²) in [6.45, 7) is 5.84. The standard InChI is InChI=1S/C28H30FN3O2/c1-20(28(34)30-27(22-9-5-3-6-10-22)23-11-7-4-8-12-23)31-15-17-32(18-16-31)26-14-13-24(21(2)33)19-25(26)29/h3-14,19-20,27H,15-18H2,1-2H3,(H,30,34)/t20-/m1/s1. The molecule has 4 rings (SSSR count). The summed E-state index contributed by atoms with van der Waals surface area (Å²) in [6.07, 6.45) is 0. The zero-order valence-electron chi connectivity index (χ0n) is 19.6. The van der Waals surface area contributed by atoms with Crippen LogP contribution in [-0.4, -0.2) is 48.8 Å². The molecule has 0 aromatic heterocycles. The summed E-state index contributed by atoms with van der Waals surface area (Å²) in [5.74, 6) is -0.580. The summed E-state index contributed by atoms with van der Waals surface area (Å²) >= 11 is 0. The minimum Gasteiger partial charge on any atom is -0.367 e. The number of ketones is 1. The number of carbonyl (C=O) groups excluding carboxylic acids is 2. The summed E-state index contributed by atoms with van der Waals surface area (Å²) in [5.41, 5.74) is 2.93. The van der Waals surface area contributed by atoms with Gasteiger partial charge in [0, 0.05) is 31.7 Å². The molecule has 6 heteroatoms. The second-order valence-electron chi connectivity index (χ2n) is 8.68. The normalized spacial score (nSPS) is 15.2. The first-order valence-electron chi connectivity index (χ1n) is 11.6. The molecular formula is C28H30FN3O2. The van der Waals surface area contributed by atoms with Gasteiger partial charge in [0.2, 0.25) is 5.91 Å². The molecule has 0 radical (unpaired) electrons. The number of nitrogens with zero attached hydrogens (tertiary/aromatic N) is 2. The van der Waals surface area contributed by atoms with E-state index >= 15 is 0 Å². The fourth-order valence-electron chi connectivity index (χ4n) is 4.41. The Morgan fingerprint density at radius 3 is 1.91 bits per heavy atom. The number of rotatable bonds is 7. The van der Waals surface area contributed by atoms with Crippen molar-refractivity contribution in [2.45, 2.75) is 25.9 Å². The van der Waals surface area contributed by atoms with E-state index < -0.39 is 0 Å². The Bertz CT molecular complexity index is 1090. The summed E-state index contributed by atoms with van der Waals surface area (Å²) in [5, 5.41) is 3.23. The predicted octanol–water partition coefficient (Wildman–Crippen LogP) is 4.44. The second kappa shape index (κ2) is 10.6. The van der Waals surface area contributed by atoms with Crippen molar-refractivity contribution >= 4 is 17.4 Å². The van der Waals surface area contributed by atoms with Crippen LogP contribution in [-0.2, 0) is 4.79 Å². The van der Waals surface area contributed by atoms with Crippen LogP contribution in [0.1, 0.15) is 41.4 Å². The average Bonchev–Trinajstić information content (AvgIpc) is 2.87. The van der Waals surface area contributed by atoms with Crippen LogP contribution < -0.4 is 10.2 Å². The molecule has 1 amide bonds. The van der Waals surface area contributed by atoms with E-state index in [0.717, 1.165) is 11.1 Å². The van der Waals surface area contributed by atoms with Crippen LogP contribution in [0.3, 0.4) is 0 Å². The van der Waals surface area contributed by atoms with Gasteiger partial charge >= 0.3 is 0 Å². The number of nitrogens with one attached hydrogen (secondary N) is 1. The Hall–Kier alpha value is -3.51. The van der Waals surface area contributed by atoms with Gasteiger partial charge in [0.15, 0.2) is 5.78 Å². The van der Waals surface area contributed by atoms with Crippen molar-refractivity contribution in [3.05, 3.63) is 101 Å². The molecule has 1 aliphatic heterocycles. The van der Waals surface area contributed by atoms with E-state index in [1.807, 2.05) is 72.5 Å². The maximum Gasteiger partial charge on any atom is 0.237 e. The number of halogens is 1. The van der Waals surface area contributed by atoms with Crippen molar-refractivity contribution in [1.82, 2.24) is 10.2 Å². The lowest BCUT2D eigenvalue weighted by atomic mass is 9.98. The molecule has 34 heavy (non-hydrogen) atoms. The summed E-state index contributed by atoms with van der Waals surface area (Å²) < 4.78 is 14.6. The molecule has 176 valence electrons. The van der Waals surface area contributed by atoms with Crippen LogP contribution in [0.5, 0.6) is 0 Å². The molecule has 1 atom stereocenters. The van der Waals surface area contributed by atoms with Crippen molar-refractivity contribution in [2.24, 2.45) is 0 Å². The lowest BCUT2D eigenvalue weighted by Crippen LogP contribution is -2.54. The molecule has 0 spiro atoms. The van der Waals surface area contributed by atoms with E-state index in [4.69, 9.17) is 0 Å². The molecule has 0 bridgehead atoms.